The summed E-state index contributed by atoms with van der Waals surface area (Å²) in [5.74, 6) is -1.92. The quantitative estimate of drug-likeness (QED) is 0.371. The van der Waals surface area contributed by atoms with Crippen LogP contribution in [-0.2, 0) is 10.0 Å². The number of carbonyl (C=O) groups is 1. The van der Waals surface area contributed by atoms with Crippen LogP contribution in [0.3, 0.4) is 0 Å². The second-order valence-electron chi connectivity index (χ2n) is 8.20. The summed E-state index contributed by atoms with van der Waals surface area (Å²) < 4.78 is 55.0. The van der Waals surface area contributed by atoms with Crippen molar-refractivity contribution in [1.29, 1.82) is 0 Å². The highest BCUT2D eigenvalue weighted by Gasteiger charge is 2.25. The van der Waals surface area contributed by atoms with Crippen LogP contribution in [0.15, 0.2) is 41.3 Å². The summed E-state index contributed by atoms with van der Waals surface area (Å²) in [6.45, 7) is 3.16. The highest BCUT2D eigenvalue weighted by molar-refractivity contribution is 7.89. The van der Waals surface area contributed by atoms with Gasteiger partial charge in [0.25, 0.3) is 5.91 Å². The van der Waals surface area contributed by atoms with Crippen molar-refractivity contribution in [2.45, 2.75) is 24.7 Å². The Labute approximate surface area is 214 Å². The maximum Gasteiger partial charge on any atom is 0.260 e. The number of thiazole rings is 1. The Balaban J connectivity index is 0.00000432. The van der Waals surface area contributed by atoms with Crippen LogP contribution in [0, 0.1) is 11.6 Å². The van der Waals surface area contributed by atoms with Crippen molar-refractivity contribution in [2.24, 2.45) is 0 Å². The number of carbonyl (C=O) groups excluding carboxylic acids is 1. The number of anilines is 1. The van der Waals surface area contributed by atoms with E-state index in [9.17, 15) is 22.0 Å². The molecule has 1 amide bonds. The van der Waals surface area contributed by atoms with Crippen LogP contribution >= 0.6 is 23.7 Å². The summed E-state index contributed by atoms with van der Waals surface area (Å²) in [5.41, 5.74) is 0.264. The van der Waals surface area contributed by atoms with Crippen molar-refractivity contribution in [1.82, 2.24) is 14.2 Å². The number of benzene rings is 2. The number of nitrogens with zero attached hydrogens (tertiary/aromatic N) is 4. The van der Waals surface area contributed by atoms with Gasteiger partial charge >= 0.3 is 0 Å². The van der Waals surface area contributed by atoms with Crippen LogP contribution in [0.25, 0.3) is 10.2 Å². The van der Waals surface area contributed by atoms with Gasteiger partial charge in [-0.1, -0.05) is 24.7 Å². The van der Waals surface area contributed by atoms with Crippen molar-refractivity contribution in [3.63, 3.8) is 0 Å². The Morgan fingerprint density at radius 2 is 1.69 bits per heavy atom. The number of amides is 1. The third kappa shape index (κ3) is 6.73. The second-order valence-corrected chi connectivity index (χ2v) is 11.2. The minimum absolute atomic E-state index is 0. The van der Waals surface area contributed by atoms with Gasteiger partial charge in [-0.05, 0) is 50.8 Å². The average Bonchev–Trinajstić information content (AvgIpc) is 3.21. The van der Waals surface area contributed by atoms with E-state index in [0.29, 0.717) is 17.8 Å². The number of fused-ring (bicyclic) bond motifs is 1. The zero-order valence-corrected chi connectivity index (χ0v) is 22.4. The Bertz CT molecular complexity index is 1270. The molecule has 0 bridgehead atoms. The molecule has 1 heterocycles. The third-order valence-corrected chi connectivity index (χ3v) is 8.18. The fourth-order valence-corrected chi connectivity index (χ4v) is 5.49. The number of rotatable bonds is 10. The van der Waals surface area contributed by atoms with Crippen molar-refractivity contribution < 1.29 is 22.0 Å². The molecule has 2 aromatic carbocycles. The fraction of sp³-hybridized carbons (Fsp3) is 0.391. The highest BCUT2D eigenvalue weighted by Crippen LogP contribution is 2.32. The number of aromatic nitrogens is 1. The molecule has 0 fully saturated rings. The first-order valence-corrected chi connectivity index (χ1v) is 13.1. The molecule has 0 saturated heterocycles. The van der Waals surface area contributed by atoms with Gasteiger partial charge < -0.3 is 4.90 Å². The summed E-state index contributed by atoms with van der Waals surface area (Å²) in [6.07, 6.45) is 1.62. The van der Waals surface area contributed by atoms with Gasteiger partial charge in [-0.3, -0.25) is 9.69 Å². The standard InChI is InChI=1S/C23H28F2N4O3S2.ClH/c1-5-6-11-28(4)34(31,32)18-9-7-16(8-10-18)22(30)29(13-12-27(2)3)23-26-21-19(25)14-17(24)15-20(21)33-23;/h7-10,14-15H,5-6,11-13H2,1-4H3;1H. The molecule has 0 saturated carbocycles. The molecule has 0 aliphatic heterocycles. The van der Waals surface area contributed by atoms with Crippen molar-refractivity contribution in [3.05, 3.63) is 53.6 Å². The Morgan fingerprint density at radius 3 is 2.29 bits per heavy atom. The molecule has 7 nitrogen and oxygen atoms in total. The minimum atomic E-state index is -3.66. The Kier molecular flexibility index (Phi) is 10.1. The number of likely N-dealkylation sites (N-methyl/N-ethyl adjacent to an activating group) is 1. The van der Waals surface area contributed by atoms with E-state index < -0.39 is 27.6 Å². The number of sulfonamides is 1. The first-order chi connectivity index (χ1) is 16.0. The number of unbranched alkanes of at least 4 members (excludes halogenated alkanes) is 1. The number of hydrogen-bond donors (Lipinski definition) is 0. The van der Waals surface area contributed by atoms with E-state index >= 15 is 0 Å². The zero-order chi connectivity index (χ0) is 25.0. The molecule has 0 spiro atoms. The molecule has 1 aromatic heterocycles. The van der Waals surface area contributed by atoms with Crippen LogP contribution in [-0.4, -0.2) is 69.3 Å². The summed E-state index contributed by atoms with van der Waals surface area (Å²) in [5, 5.41) is 0.238. The maximum absolute atomic E-state index is 14.2. The van der Waals surface area contributed by atoms with Crippen LogP contribution in [0.2, 0.25) is 0 Å². The van der Waals surface area contributed by atoms with Crippen molar-refractivity contribution >= 4 is 55.0 Å². The van der Waals surface area contributed by atoms with Gasteiger partial charge in [0.2, 0.25) is 10.0 Å². The molecule has 12 heteroatoms. The molecule has 0 unspecified atom stereocenters. The molecule has 192 valence electrons. The first-order valence-electron chi connectivity index (χ1n) is 10.8. The van der Waals surface area contributed by atoms with Gasteiger partial charge in [0.05, 0.1) is 9.60 Å². The first kappa shape index (κ1) is 29.1. The van der Waals surface area contributed by atoms with E-state index in [1.54, 1.807) is 0 Å². The molecule has 0 aliphatic rings. The van der Waals surface area contributed by atoms with E-state index in [1.165, 1.54) is 46.6 Å². The Hall–Kier alpha value is -2.18. The Morgan fingerprint density at radius 1 is 1.03 bits per heavy atom. The maximum atomic E-state index is 14.2. The molecular formula is C23H29ClF2N4O3S2. The lowest BCUT2D eigenvalue weighted by Gasteiger charge is -2.22. The largest absolute Gasteiger partial charge is 0.308 e. The van der Waals surface area contributed by atoms with E-state index in [4.69, 9.17) is 0 Å². The van der Waals surface area contributed by atoms with Crippen LogP contribution in [0.5, 0.6) is 0 Å². The number of hydrogen-bond acceptors (Lipinski definition) is 6. The summed E-state index contributed by atoms with van der Waals surface area (Å²) >= 11 is 1.02. The van der Waals surface area contributed by atoms with Crippen molar-refractivity contribution in [2.75, 3.05) is 45.7 Å². The molecule has 0 atom stereocenters. The zero-order valence-electron chi connectivity index (χ0n) is 20.0. The van der Waals surface area contributed by atoms with Gasteiger partial charge in [-0.2, -0.15) is 0 Å². The second kappa shape index (κ2) is 12.2. The predicted octanol–water partition coefficient (Wildman–Crippen LogP) is 4.63. The minimum Gasteiger partial charge on any atom is -0.308 e. The average molecular weight is 547 g/mol. The fourth-order valence-electron chi connectivity index (χ4n) is 3.25. The highest BCUT2D eigenvalue weighted by atomic mass is 35.5. The van der Waals surface area contributed by atoms with Crippen LogP contribution < -0.4 is 4.90 Å². The van der Waals surface area contributed by atoms with Crippen LogP contribution in [0.4, 0.5) is 13.9 Å². The van der Waals surface area contributed by atoms with Crippen molar-refractivity contribution in [3.8, 4) is 0 Å². The van der Waals surface area contributed by atoms with Gasteiger partial charge in [-0.15, -0.1) is 12.4 Å². The normalized spacial score (nSPS) is 11.8. The molecule has 35 heavy (non-hydrogen) atoms. The smallest absolute Gasteiger partial charge is 0.260 e. The summed E-state index contributed by atoms with van der Waals surface area (Å²) in [7, 11) is 1.57. The molecule has 0 aliphatic carbocycles. The molecule has 3 aromatic rings. The van der Waals surface area contributed by atoms with Gasteiger partial charge in [0.1, 0.15) is 11.3 Å². The summed E-state index contributed by atoms with van der Waals surface area (Å²) in [4.78, 5) is 21.0. The lowest BCUT2D eigenvalue weighted by Crippen LogP contribution is -2.36. The summed E-state index contributed by atoms with van der Waals surface area (Å²) in [6, 6.07) is 7.67. The van der Waals surface area contributed by atoms with E-state index in [1.807, 2.05) is 25.9 Å². The lowest BCUT2D eigenvalue weighted by atomic mass is 10.2. The van der Waals surface area contributed by atoms with Gasteiger partial charge in [0.15, 0.2) is 10.9 Å². The monoisotopic (exact) mass is 546 g/mol. The topological polar surface area (TPSA) is 73.8 Å². The number of halogens is 3. The molecule has 3 rings (SSSR count). The van der Waals surface area contributed by atoms with E-state index in [-0.39, 0.29) is 40.1 Å². The SMILES string of the molecule is CCCCN(C)S(=O)(=O)c1ccc(C(=O)N(CCN(C)C)c2nc3c(F)cc(F)cc3s2)cc1.Cl. The van der Waals surface area contributed by atoms with E-state index in [2.05, 4.69) is 4.98 Å². The van der Waals surface area contributed by atoms with Gasteiger partial charge in [-0.25, -0.2) is 26.5 Å². The lowest BCUT2D eigenvalue weighted by molar-refractivity contribution is 0.0985. The van der Waals surface area contributed by atoms with Crippen LogP contribution in [0.1, 0.15) is 30.1 Å². The molecular weight excluding hydrogens is 518 g/mol. The van der Waals surface area contributed by atoms with Gasteiger partial charge in [0, 0.05) is 38.3 Å². The third-order valence-electron chi connectivity index (χ3n) is 5.28. The van der Waals surface area contributed by atoms with E-state index in [0.717, 1.165) is 30.2 Å². The molecule has 0 N–H and O–H groups in total. The molecule has 0 radical (unpaired) electrons. The predicted molar refractivity (Wildman–Crippen MR) is 138 cm³/mol.